The molecule has 3 N–H and O–H groups in total. The first-order valence-corrected chi connectivity index (χ1v) is 10.3. The number of benzene rings is 2. The fraction of sp³-hybridized carbons (Fsp3) is 0.348. The van der Waals surface area contributed by atoms with Gasteiger partial charge in [0.2, 0.25) is 5.72 Å². The van der Waals surface area contributed by atoms with Gasteiger partial charge in [0.1, 0.15) is 11.7 Å². The largest absolute Gasteiger partial charge is 0.494 e. The molecule has 182 valence electrons. The average molecular weight is 480 g/mol. The summed E-state index contributed by atoms with van der Waals surface area (Å²) in [6, 6.07) is 7.70. The van der Waals surface area contributed by atoms with E-state index in [9.17, 15) is 32.7 Å². The number of rotatable bonds is 7. The lowest BCUT2D eigenvalue weighted by Crippen LogP contribution is -2.72. The van der Waals surface area contributed by atoms with E-state index in [2.05, 4.69) is 10.1 Å². The smallest absolute Gasteiger partial charge is 0.437 e. The lowest BCUT2D eigenvalue weighted by atomic mass is 9.77. The quantitative estimate of drug-likeness (QED) is 0.414. The fourth-order valence-electron chi connectivity index (χ4n) is 3.68. The number of hydrogen-bond acceptors (Lipinski definition) is 6. The normalized spacial score (nSPS) is 22.4. The Hall–Kier alpha value is -3.60. The Morgan fingerprint density at radius 3 is 2.18 bits per heavy atom. The van der Waals surface area contributed by atoms with Crippen molar-refractivity contribution in [1.82, 2.24) is 10.6 Å². The SMILES string of the molecule is CCCOc1ccc(C(=O)[C@H]2[C@H](c3ccc(C(=O)OC)cc3)NC(=O)N[C@@]2(O)C(F)(F)F)cc1. The molecule has 1 aliphatic heterocycles. The first kappa shape index (κ1) is 25.0. The second-order valence-electron chi connectivity index (χ2n) is 7.67. The number of carbonyl (C=O) groups is 3. The summed E-state index contributed by atoms with van der Waals surface area (Å²) in [4.78, 5) is 37.1. The predicted octanol–water partition coefficient (Wildman–Crippen LogP) is 3.37. The maximum atomic E-state index is 14.0. The zero-order chi connectivity index (χ0) is 25.1. The molecule has 1 aliphatic rings. The Balaban J connectivity index is 2.05. The summed E-state index contributed by atoms with van der Waals surface area (Å²) in [6.45, 7) is 2.32. The molecular weight excluding hydrogens is 457 g/mol. The molecule has 0 saturated carbocycles. The van der Waals surface area contributed by atoms with Gasteiger partial charge in [0.25, 0.3) is 0 Å². The summed E-state index contributed by atoms with van der Waals surface area (Å²) < 4.78 is 52.0. The topological polar surface area (TPSA) is 114 Å². The van der Waals surface area contributed by atoms with Crippen LogP contribution in [-0.4, -0.2) is 48.5 Å². The minimum atomic E-state index is -5.38. The molecule has 0 spiro atoms. The molecule has 0 aromatic heterocycles. The number of hydrogen-bond donors (Lipinski definition) is 3. The van der Waals surface area contributed by atoms with E-state index in [1.54, 1.807) is 0 Å². The van der Waals surface area contributed by atoms with Crippen LogP contribution in [0.1, 0.15) is 45.7 Å². The van der Waals surface area contributed by atoms with Gasteiger partial charge in [0, 0.05) is 5.56 Å². The van der Waals surface area contributed by atoms with Gasteiger partial charge in [-0.15, -0.1) is 0 Å². The van der Waals surface area contributed by atoms with Gasteiger partial charge < -0.3 is 25.2 Å². The maximum Gasteiger partial charge on any atom is 0.437 e. The zero-order valence-corrected chi connectivity index (χ0v) is 18.3. The molecule has 1 fully saturated rings. The van der Waals surface area contributed by atoms with Crippen LogP contribution in [0.5, 0.6) is 5.75 Å². The first-order chi connectivity index (χ1) is 16.0. The van der Waals surface area contributed by atoms with Crippen LogP contribution in [0.15, 0.2) is 48.5 Å². The maximum absolute atomic E-state index is 14.0. The molecule has 2 aromatic carbocycles. The number of methoxy groups -OCH3 is 1. The number of halogens is 3. The van der Waals surface area contributed by atoms with Gasteiger partial charge in [-0.05, 0) is 48.4 Å². The van der Waals surface area contributed by atoms with Gasteiger partial charge in [-0.25, -0.2) is 9.59 Å². The number of aliphatic hydroxyl groups is 1. The molecule has 2 aromatic rings. The Labute approximate surface area is 193 Å². The molecule has 3 rings (SSSR count). The van der Waals surface area contributed by atoms with Crippen molar-refractivity contribution in [1.29, 1.82) is 0 Å². The highest BCUT2D eigenvalue weighted by atomic mass is 19.4. The molecule has 1 heterocycles. The Bertz CT molecular complexity index is 1060. The summed E-state index contributed by atoms with van der Waals surface area (Å²) >= 11 is 0. The number of alkyl halides is 3. The lowest BCUT2D eigenvalue weighted by Gasteiger charge is -2.45. The summed E-state index contributed by atoms with van der Waals surface area (Å²) in [5.74, 6) is -3.49. The van der Waals surface area contributed by atoms with Crippen molar-refractivity contribution in [2.24, 2.45) is 5.92 Å². The summed E-state index contributed by atoms with van der Waals surface area (Å²) in [6.07, 6.45) is -4.64. The second-order valence-corrected chi connectivity index (χ2v) is 7.67. The van der Waals surface area contributed by atoms with E-state index in [0.717, 1.165) is 6.42 Å². The van der Waals surface area contributed by atoms with Crippen LogP contribution in [0.3, 0.4) is 0 Å². The molecule has 8 nitrogen and oxygen atoms in total. The Morgan fingerprint density at radius 2 is 1.65 bits per heavy atom. The molecule has 34 heavy (non-hydrogen) atoms. The molecule has 11 heteroatoms. The van der Waals surface area contributed by atoms with Gasteiger partial charge in [-0.3, -0.25) is 4.79 Å². The number of carbonyl (C=O) groups excluding carboxylic acids is 3. The van der Waals surface area contributed by atoms with Crippen LogP contribution >= 0.6 is 0 Å². The first-order valence-electron chi connectivity index (χ1n) is 10.3. The van der Waals surface area contributed by atoms with Crippen molar-refractivity contribution >= 4 is 17.8 Å². The molecule has 3 atom stereocenters. The Kier molecular flexibility index (Phi) is 7.15. The standard InChI is InChI=1S/C23H23F3N2O6/c1-3-12-34-16-10-8-14(9-11-16)19(29)17-18(13-4-6-15(7-5-13)20(30)33-2)27-21(31)28-22(17,32)23(24,25)26/h4-11,17-18,32H,3,12H2,1-2H3,(H2,27,28,31)/t17-,18+,22+/m1/s1. The molecule has 0 aliphatic carbocycles. The zero-order valence-electron chi connectivity index (χ0n) is 18.3. The molecule has 0 bridgehead atoms. The van der Waals surface area contributed by atoms with Crippen molar-refractivity contribution in [3.63, 3.8) is 0 Å². The third-order valence-electron chi connectivity index (χ3n) is 5.39. The van der Waals surface area contributed by atoms with E-state index in [0.29, 0.717) is 12.4 Å². The minimum absolute atomic E-state index is 0.0754. The third kappa shape index (κ3) is 4.84. The van der Waals surface area contributed by atoms with Crippen molar-refractivity contribution in [2.45, 2.75) is 31.3 Å². The highest BCUT2D eigenvalue weighted by Crippen LogP contribution is 2.44. The lowest BCUT2D eigenvalue weighted by molar-refractivity contribution is -0.287. The predicted molar refractivity (Wildman–Crippen MR) is 113 cm³/mol. The highest BCUT2D eigenvalue weighted by molar-refractivity contribution is 6.00. The number of nitrogens with one attached hydrogen (secondary N) is 2. The number of Topliss-reactive ketones (excluding diaryl/α,β-unsaturated/α-hetero) is 1. The van der Waals surface area contributed by atoms with Gasteiger partial charge in [-0.2, -0.15) is 13.2 Å². The Morgan fingerprint density at radius 1 is 1.06 bits per heavy atom. The van der Waals surface area contributed by atoms with Gasteiger partial charge in [0.15, 0.2) is 5.78 Å². The molecular formula is C23H23F3N2O6. The van der Waals surface area contributed by atoms with Crippen molar-refractivity contribution in [2.75, 3.05) is 13.7 Å². The number of urea groups is 1. The summed E-state index contributed by atoms with van der Waals surface area (Å²) in [5, 5.41) is 14.4. The van der Waals surface area contributed by atoms with Crippen LogP contribution in [0.4, 0.5) is 18.0 Å². The van der Waals surface area contributed by atoms with E-state index in [1.807, 2.05) is 6.92 Å². The third-order valence-corrected chi connectivity index (χ3v) is 5.39. The van der Waals surface area contributed by atoms with Gasteiger partial charge in [0.05, 0.1) is 25.3 Å². The van der Waals surface area contributed by atoms with Crippen molar-refractivity contribution in [3.05, 3.63) is 65.2 Å². The highest BCUT2D eigenvalue weighted by Gasteiger charge is 2.66. The fourth-order valence-corrected chi connectivity index (χ4v) is 3.68. The van der Waals surface area contributed by atoms with Crippen molar-refractivity contribution < 1.29 is 42.1 Å². The summed E-state index contributed by atoms with van der Waals surface area (Å²) in [5.41, 5.74) is -3.78. The van der Waals surface area contributed by atoms with E-state index in [-0.39, 0.29) is 16.7 Å². The number of esters is 1. The molecule has 0 radical (unpaired) electrons. The van der Waals surface area contributed by atoms with Crippen LogP contribution in [0, 0.1) is 5.92 Å². The van der Waals surface area contributed by atoms with Gasteiger partial charge >= 0.3 is 18.2 Å². The molecule has 2 amide bonds. The number of ether oxygens (including phenoxy) is 2. The van der Waals surface area contributed by atoms with Gasteiger partial charge in [-0.1, -0.05) is 19.1 Å². The number of amides is 2. The number of ketones is 1. The van der Waals surface area contributed by atoms with Crippen LogP contribution in [-0.2, 0) is 4.74 Å². The van der Waals surface area contributed by atoms with Crippen molar-refractivity contribution in [3.8, 4) is 5.75 Å². The van der Waals surface area contributed by atoms with Crippen LogP contribution in [0.25, 0.3) is 0 Å². The summed E-state index contributed by atoms with van der Waals surface area (Å²) in [7, 11) is 1.17. The van der Waals surface area contributed by atoms with E-state index >= 15 is 0 Å². The second kappa shape index (κ2) is 9.72. The van der Waals surface area contributed by atoms with E-state index in [1.165, 1.54) is 61.0 Å². The van der Waals surface area contributed by atoms with Crippen LogP contribution in [0.2, 0.25) is 0 Å². The molecule has 0 unspecified atom stereocenters. The minimum Gasteiger partial charge on any atom is -0.494 e. The van der Waals surface area contributed by atoms with E-state index in [4.69, 9.17) is 4.74 Å². The molecule has 1 saturated heterocycles. The van der Waals surface area contributed by atoms with Crippen LogP contribution < -0.4 is 15.4 Å². The van der Waals surface area contributed by atoms with E-state index < -0.39 is 41.6 Å². The monoisotopic (exact) mass is 480 g/mol. The average Bonchev–Trinajstić information content (AvgIpc) is 2.81.